The molecule has 2 rings (SSSR count). The van der Waals surface area contributed by atoms with Crippen LogP contribution < -0.4 is 4.74 Å². The largest absolute Gasteiger partial charge is 0.484 e. The average molecular weight is 269 g/mol. The SMILES string of the molecule is CC1=CCOCC1Oc1ccc(Br)cc1. The Morgan fingerprint density at radius 2 is 2.07 bits per heavy atom. The van der Waals surface area contributed by atoms with E-state index in [2.05, 4.69) is 28.9 Å². The van der Waals surface area contributed by atoms with Gasteiger partial charge < -0.3 is 9.47 Å². The van der Waals surface area contributed by atoms with Crippen LogP contribution in [0.5, 0.6) is 5.75 Å². The minimum Gasteiger partial charge on any atom is -0.484 e. The average Bonchev–Trinajstić information content (AvgIpc) is 2.25. The van der Waals surface area contributed by atoms with Gasteiger partial charge in [-0.05, 0) is 36.8 Å². The van der Waals surface area contributed by atoms with Gasteiger partial charge in [-0.3, -0.25) is 0 Å². The smallest absolute Gasteiger partial charge is 0.143 e. The molecule has 1 aromatic carbocycles. The van der Waals surface area contributed by atoms with E-state index in [4.69, 9.17) is 9.47 Å². The van der Waals surface area contributed by atoms with Crippen molar-refractivity contribution < 1.29 is 9.47 Å². The molecule has 1 atom stereocenters. The van der Waals surface area contributed by atoms with Gasteiger partial charge >= 0.3 is 0 Å². The lowest BCUT2D eigenvalue weighted by Crippen LogP contribution is -2.28. The van der Waals surface area contributed by atoms with Crippen LogP contribution in [0.1, 0.15) is 6.92 Å². The second kappa shape index (κ2) is 4.81. The Bertz CT molecular complexity index is 356. The molecule has 2 nitrogen and oxygen atoms in total. The Kier molecular flexibility index (Phi) is 3.44. The topological polar surface area (TPSA) is 18.5 Å². The monoisotopic (exact) mass is 268 g/mol. The van der Waals surface area contributed by atoms with Crippen LogP contribution in [0.4, 0.5) is 0 Å². The zero-order chi connectivity index (χ0) is 10.7. The van der Waals surface area contributed by atoms with Gasteiger partial charge in [0.15, 0.2) is 0 Å². The second-order valence-corrected chi connectivity index (χ2v) is 4.46. The van der Waals surface area contributed by atoms with Crippen LogP contribution in [0.25, 0.3) is 0 Å². The summed E-state index contributed by atoms with van der Waals surface area (Å²) in [7, 11) is 0. The molecule has 15 heavy (non-hydrogen) atoms. The predicted molar refractivity (Wildman–Crippen MR) is 63.1 cm³/mol. The maximum atomic E-state index is 5.81. The summed E-state index contributed by atoms with van der Waals surface area (Å²) >= 11 is 3.39. The maximum Gasteiger partial charge on any atom is 0.143 e. The lowest BCUT2D eigenvalue weighted by Gasteiger charge is -2.23. The van der Waals surface area contributed by atoms with Crippen LogP contribution in [-0.2, 0) is 4.74 Å². The minimum atomic E-state index is 0.0555. The second-order valence-electron chi connectivity index (χ2n) is 3.55. The van der Waals surface area contributed by atoms with Gasteiger partial charge in [0.05, 0.1) is 13.2 Å². The van der Waals surface area contributed by atoms with Gasteiger partial charge in [-0.15, -0.1) is 0 Å². The summed E-state index contributed by atoms with van der Waals surface area (Å²) in [4.78, 5) is 0. The number of hydrogen-bond acceptors (Lipinski definition) is 2. The molecule has 0 radical (unpaired) electrons. The Morgan fingerprint density at radius 1 is 1.33 bits per heavy atom. The first-order valence-electron chi connectivity index (χ1n) is 4.92. The number of halogens is 1. The first-order chi connectivity index (χ1) is 7.25. The highest BCUT2D eigenvalue weighted by Crippen LogP contribution is 2.20. The molecule has 1 aliphatic rings. The van der Waals surface area contributed by atoms with Gasteiger partial charge in [-0.25, -0.2) is 0 Å². The zero-order valence-corrected chi connectivity index (χ0v) is 10.2. The Hall–Kier alpha value is -0.800. The summed E-state index contributed by atoms with van der Waals surface area (Å²) in [5.74, 6) is 0.876. The number of ether oxygens (including phenoxy) is 2. The van der Waals surface area contributed by atoms with Crippen molar-refractivity contribution in [2.75, 3.05) is 13.2 Å². The van der Waals surface area contributed by atoms with Crippen molar-refractivity contribution in [1.82, 2.24) is 0 Å². The number of hydrogen-bond donors (Lipinski definition) is 0. The highest BCUT2D eigenvalue weighted by Gasteiger charge is 2.16. The normalized spacial score (nSPS) is 20.9. The van der Waals surface area contributed by atoms with E-state index in [1.807, 2.05) is 24.3 Å². The first-order valence-corrected chi connectivity index (χ1v) is 5.71. The fourth-order valence-corrected chi connectivity index (χ4v) is 1.70. The number of rotatable bonds is 2. The molecule has 0 aromatic heterocycles. The van der Waals surface area contributed by atoms with Crippen LogP contribution >= 0.6 is 15.9 Å². The molecule has 0 aliphatic carbocycles. The molecule has 1 unspecified atom stereocenters. The third kappa shape index (κ3) is 2.83. The lowest BCUT2D eigenvalue weighted by molar-refractivity contribution is 0.0681. The Morgan fingerprint density at radius 3 is 2.73 bits per heavy atom. The Labute approximate surface area is 98.0 Å². The zero-order valence-electron chi connectivity index (χ0n) is 8.57. The molecular weight excluding hydrogens is 256 g/mol. The van der Waals surface area contributed by atoms with Crippen LogP contribution in [-0.4, -0.2) is 19.3 Å². The molecule has 0 saturated heterocycles. The van der Waals surface area contributed by atoms with Crippen LogP contribution in [0.3, 0.4) is 0 Å². The van der Waals surface area contributed by atoms with E-state index >= 15 is 0 Å². The van der Waals surface area contributed by atoms with Gasteiger partial charge in [-0.1, -0.05) is 22.0 Å². The van der Waals surface area contributed by atoms with Crippen molar-refractivity contribution in [3.63, 3.8) is 0 Å². The van der Waals surface area contributed by atoms with Crippen molar-refractivity contribution in [3.05, 3.63) is 40.4 Å². The van der Waals surface area contributed by atoms with Crippen molar-refractivity contribution in [1.29, 1.82) is 0 Å². The van der Waals surface area contributed by atoms with E-state index in [-0.39, 0.29) is 6.10 Å². The summed E-state index contributed by atoms with van der Waals surface area (Å²) in [5.41, 5.74) is 1.24. The first kappa shape index (κ1) is 10.7. The summed E-state index contributed by atoms with van der Waals surface area (Å²) < 4.78 is 12.2. The van der Waals surface area contributed by atoms with Gasteiger partial charge in [0.25, 0.3) is 0 Å². The number of benzene rings is 1. The molecule has 0 bridgehead atoms. The molecule has 0 spiro atoms. The van der Waals surface area contributed by atoms with E-state index in [9.17, 15) is 0 Å². The fourth-order valence-electron chi connectivity index (χ4n) is 1.43. The standard InChI is InChI=1S/C12H13BrO2/c1-9-6-7-14-8-12(9)15-11-4-2-10(13)3-5-11/h2-6,12H,7-8H2,1H3. The third-order valence-corrected chi connectivity index (χ3v) is 2.92. The summed E-state index contributed by atoms with van der Waals surface area (Å²) in [6.07, 6.45) is 2.12. The maximum absolute atomic E-state index is 5.81. The molecule has 3 heteroatoms. The third-order valence-electron chi connectivity index (χ3n) is 2.39. The van der Waals surface area contributed by atoms with Crippen LogP contribution in [0.15, 0.2) is 40.4 Å². The summed E-state index contributed by atoms with van der Waals surface area (Å²) in [5, 5.41) is 0. The fraction of sp³-hybridized carbons (Fsp3) is 0.333. The minimum absolute atomic E-state index is 0.0555. The van der Waals surface area contributed by atoms with E-state index in [1.165, 1.54) is 5.57 Å². The van der Waals surface area contributed by atoms with Crippen molar-refractivity contribution >= 4 is 15.9 Å². The van der Waals surface area contributed by atoms with E-state index < -0.39 is 0 Å². The molecule has 1 aromatic rings. The summed E-state index contributed by atoms with van der Waals surface area (Å²) in [6.45, 7) is 3.41. The molecule has 1 aliphatic heterocycles. The molecule has 0 N–H and O–H groups in total. The van der Waals surface area contributed by atoms with Crippen molar-refractivity contribution in [2.45, 2.75) is 13.0 Å². The van der Waals surface area contributed by atoms with Crippen LogP contribution in [0, 0.1) is 0 Å². The highest BCUT2D eigenvalue weighted by molar-refractivity contribution is 9.10. The molecule has 1 heterocycles. The van der Waals surface area contributed by atoms with Crippen molar-refractivity contribution in [2.24, 2.45) is 0 Å². The van der Waals surface area contributed by atoms with Gasteiger partial charge in [-0.2, -0.15) is 0 Å². The highest BCUT2D eigenvalue weighted by atomic mass is 79.9. The molecular formula is C12H13BrO2. The molecule has 0 fully saturated rings. The van der Waals surface area contributed by atoms with E-state index in [0.717, 1.165) is 10.2 Å². The molecule has 80 valence electrons. The van der Waals surface area contributed by atoms with Crippen LogP contribution in [0.2, 0.25) is 0 Å². The quantitative estimate of drug-likeness (QED) is 0.768. The van der Waals surface area contributed by atoms with Gasteiger partial charge in [0.1, 0.15) is 11.9 Å². The predicted octanol–water partition coefficient (Wildman–Crippen LogP) is 3.17. The van der Waals surface area contributed by atoms with Gasteiger partial charge in [0, 0.05) is 4.47 Å². The molecule has 0 amide bonds. The van der Waals surface area contributed by atoms with E-state index in [0.29, 0.717) is 13.2 Å². The van der Waals surface area contributed by atoms with E-state index in [1.54, 1.807) is 0 Å². The van der Waals surface area contributed by atoms with Gasteiger partial charge in [0.2, 0.25) is 0 Å². The van der Waals surface area contributed by atoms with Crippen molar-refractivity contribution in [3.8, 4) is 5.75 Å². The summed E-state index contributed by atoms with van der Waals surface area (Å²) in [6, 6.07) is 7.84. The Balaban J connectivity index is 2.05. The molecule has 0 saturated carbocycles. The lowest BCUT2D eigenvalue weighted by atomic mass is 10.1.